The molecule has 1 aromatic rings. The van der Waals surface area contributed by atoms with Crippen LogP contribution >= 0.6 is 0 Å². The molecule has 1 aliphatic carbocycles. The van der Waals surface area contributed by atoms with Gasteiger partial charge in [-0.15, -0.1) is 0 Å². The van der Waals surface area contributed by atoms with Crippen molar-refractivity contribution in [3.8, 4) is 0 Å². The van der Waals surface area contributed by atoms with E-state index in [-0.39, 0.29) is 7.43 Å². The van der Waals surface area contributed by atoms with Gasteiger partial charge in [-0.3, -0.25) is 0 Å². The molecule has 0 saturated heterocycles. The number of aryl methyl sites for hydroxylation is 2. The molecule has 0 aromatic heterocycles. The topological polar surface area (TPSA) is 0 Å². The second-order valence-electron chi connectivity index (χ2n) is 2.62. The Labute approximate surface area is 62.9 Å². The van der Waals surface area contributed by atoms with Crippen LogP contribution in [0, 0.1) is 0 Å². The minimum Gasteiger partial charge on any atom is -0.0776 e. The van der Waals surface area contributed by atoms with Gasteiger partial charge in [0.1, 0.15) is 0 Å². The third kappa shape index (κ3) is 1.06. The zero-order valence-corrected chi connectivity index (χ0v) is 5.43. The van der Waals surface area contributed by atoms with Crippen molar-refractivity contribution in [3.05, 3.63) is 35.4 Å². The van der Waals surface area contributed by atoms with Crippen molar-refractivity contribution >= 4 is 0 Å². The summed E-state index contributed by atoms with van der Waals surface area (Å²) in [6.07, 6.45) is 3.96. The number of fused-ring (bicyclic) bond motifs is 1. The Balaban J connectivity index is 0.000000500. The molecule has 0 amide bonds. The van der Waals surface area contributed by atoms with Crippen LogP contribution in [0.15, 0.2) is 24.3 Å². The van der Waals surface area contributed by atoms with Crippen molar-refractivity contribution in [2.45, 2.75) is 26.7 Å². The highest BCUT2D eigenvalue weighted by molar-refractivity contribution is 5.30. The van der Waals surface area contributed by atoms with Gasteiger partial charge in [0.05, 0.1) is 0 Å². The van der Waals surface area contributed by atoms with Gasteiger partial charge in [0.25, 0.3) is 0 Å². The van der Waals surface area contributed by atoms with Gasteiger partial charge in [-0.05, 0) is 30.4 Å². The average molecular weight is 134 g/mol. The summed E-state index contributed by atoms with van der Waals surface area (Å²) in [6.45, 7) is 0. The summed E-state index contributed by atoms with van der Waals surface area (Å²) in [5.41, 5.74) is 3.13. The van der Waals surface area contributed by atoms with E-state index in [0.717, 1.165) is 0 Å². The Hall–Kier alpha value is -0.780. The normalized spacial score (nSPS) is 14.0. The predicted molar refractivity (Wildman–Crippen MR) is 45.2 cm³/mol. The number of benzene rings is 1. The molecule has 0 heteroatoms. The second-order valence-corrected chi connectivity index (χ2v) is 2.62. The van der Waals surface area contributed by atoms with E-state index >= 15 is 0 Å². The van der Waals surface area contributed by atoms with E-state index in [1.807, 2.05) is 0 Å². The summed E-state index contributed by atoms with van der Waals surface area (Å²) in [4.78, 5) is 0. The zero-order chi connectivity index (χ0) is 6.10. The molecule has 1 aliphatic rings. The van der Waals surface area contributed by atoms with Gasteiger partial charge in [0.2, 0.25) is 0 Å². The molecule has 0 N–H and O–H groups in total. The standard InChI is InChI=1S/C9H10.CH4/c1-2-5-9-7-3-6-8(9)4-1;/h1-2,4-5H,3,6-7H2;1H4. The van der Waals surface area contributed by atoms with Crippen LogP contribution in [0.3, 0.4) is 0 Å². The molecule has 0 radical (unpaired) electrons. The molecule has 10 heavy (non-hydrogen) atoms. The first-order valence-corrected chi connectivity index (χ1v) is 3.53. The van der Waals surface area contributed by atoms with E-state index in [2.05, 4.69) is 24.3 Å². The van der Waals surface area contributed by atoms with Crippen molar-refractivity contribution in [2.75, 3.05) is 0 Å². The third-order valence-corrected chi connectivity index (χ3v) is 2.01. The smallest absolute Gasteiger partial charge is 0.0273 e. The first-order chi connectivity index (χ1) is 4.47. The lowest BCUT2D eigenvalue weighted by atomic mass is 10.1. The van der Waals surface area contributed by atoms with Gasteiger partial charge in [-0.25, -0.2) is 0 Å². The van der Waals surface area contributed by atoms with Crippen molar-refractivity contribution in [1.29, 1.82) is 0 Å². The summed E-state index contributed by atoms with van der Waals surface area (Å²) in [5, 5.41) is 0. The lowest BCUT2D eigenvalue weighted by Gasteiger charge is -1.93. The van der Waals surface area contributed by atoms with E-state index in [1.54, 1.807) is 11.1 Å². The molecule has 54 valence electrons. The maximum absolute atomic E-state index is 2.24. The summed E-state index contributed by atoms with van der Waals surface area (Å²) < 4.78 is 0. The van der Waals surface area contributed by atoms with Crippen molar-refractivity contribution < 1.29 is 0 Å². The minimum atomic E-state index is 0. The Morgan fingerprint density at radius 2 is 1.40 bits per heavy atom. The number of hydrogen-bond donors (Lipinski definition) is 0. The quantitative estimate of drug-likeness (QED) is 0.512. The van der Waals surface area contributed by atoms with Gasteiger partial charge < -0.3 is 0 Å². The molecule has 0 aliphatic heterocycles. The Kier molecular flexibility index (Phi) is 2.10. The van der Waals surface area contributed by atoms with Crippen molar-refractivity contribution in [1.82, 2.24) is 0 Å². The van der Waals surface area contributed by atoms with E-state index in [4.69, 9.17) is 0 Å². The lowest BCUT2D eigenvalue weighted by Crippen LogP contribution is -1.77. The fraction of sp³-hybridized carbons (Fsp3) is 0.400. The fourth-order valence-corrected chi connectivity index (χ4v) is 1.51. The Bertz CT molecular complexity index is 190. The molecule has 0 fully saturated rings. The highest BCUT2D eigenvalue weighted by atomic mass is 14.1. The summed E-state index contributed by atoms with van der Waals surface area (Å²) >= 11 is 0. The van der Waals surface area contributed by atoms with Crippen LogP contribution in [0.25, 0.3) is 0 Å². The maximum Gasteiger partial charge on any atom is -0.0273 e. The minimum absolute atomic E-state index is 0. The highest BCUT2D eigenvalue weighted by Gasteiger charge is 2.07. The number of rotatable bonds is 0. The fourth-order valence-electron chi connectivity index (χ4n) is 1.51. The molecule has 0 nitrogen and oxygen atoms in total. The lowest BCUT2D eigenvalue weighted by molar-refractivity contribution is 0.912. The van der Waals surface area contributed by atoms with Crippen LogP contribution in [0.4, 0.5) is 0 Å². The molecule has 0 atom stereocenters. The van der Waals surface area contributed by atoms with Crippen LogP contribution in [-0.2, 0) is 12.8 Å². The molecule has 0 heterocycles. The first kappa shape index (κ1) is 7.33. The highest BCUT2D eigenvalue weighted by Crippen LogP contribution is 2.20. The SMILES string of the molecule is C.c1ccc2c(c1)CCC2. The van der Waals surface area contributed by atoms with Crippen molar-refractivity contribution in [2.24, 2.45) is 0 Å². The maximum atomic E-state index is 2.24. The molecule has 1 aromatic carbocycles. The molecular weight excluding hydrogens is 120 g/mol. The van der Waals surface area contributed by atoms with Gasteiger partial charge in [-0.2, -0.15) is 0 Å². The monoisotopic (exact) mass is 134 g/mol. The molecule has 2 rings (SSSR count). The van der Waals surface area contributed by atoms with Crippen molar-refractivity contribution in [3.63, 3.8) is 0 Å². The largest absolute Gasteiger partial charge is 0.0776 e. The summed E-state index contributed by atoms with van der Waals surface area (Å²) in [5.74, 6) is 0. The van der Waals surface area contributed by atoms with E-state index in [0.29, 0.717) is 0 Å². The Morgan fingerprint density at radius 3 is 1.90 bits per heavy atom. The van der Waals surface area contributed by atoms with Gasteiger partial charge in [-0.1, -0.05) is 31.7 Å². The molecule has 0 saturated carbocycles. The van der Waals surface area contributed by atoms with Crippen LogP contribution in [-0.4, -0.2) is 0 Å². The van der Waals surface area contributed by atoms with Crippen LogP contribution in [0.1, 0.15) is 25.0 Å². The third-order valence-electron chi connectivity index (χ3n) is 2.01. The van der Waals surface area contributed by atoms with Gasteiger partial charge in [0, 0.05) is 0 Å². The predicted octanol–water partition coefficient (Wildman–Crippen LogP) is 2.81. The molecule has 0 spiro atoms. The molecular formula is C10H14. The zero-order valence-electron chi connectivity index (χ0n) is 5.43. The van der Waals surface area contributed by atoms with Crippen LogP contribution < -0.4 is 0 Å². The van der Waals surface area contributed by atoms with E-state index in [1.165, 1.54) is 19.3 Å². The van der Waals surface area contributed by atoms with E-state index in [9.17, 15) is 0 Å². The van der Waals surface area contributed by atoms with E-state index < -0.39 is 0 Å². The molecule has 0 bridgehead atoms. The second kappa shape index (κ2) is 2.87. The number of hydrogen-bond acceptors (Lipinski definition) is 0. The van der Waals surface area contributed by atoms with Crippen LogP contribution in [0.5, 0.6) is 0 Å². The summed E-state index contributed by atoms with van der Waals surface area (Å²) in [6, 6.07) is 8.74. The average Bonchev–Trinajstić information content (AvgIpc) is 2.33. The Morgan fingerprint density at radius 1 is 0.900 bits per heavy atom. The van der Waals surface area contributed by atoms with Gasteiger partial charge in [0.15, 0.2) is 0 Å². The van der Waals surface area contributed by atoms with Gasteiger partial charge >= 0.3 is 0 Å². The van der Waals surface area contributed by atoms with Crippen LogP contribution in [0.2, 0.25) is 0 Å². The summed E-state index contributed by atoms with van der Waals surface area (Å²) in [7, 11) is 0. The first-order valence-electron chi connectivity index (χ1n) is 3.53. The molecule has 0 unspecified atom stereocenters.